The van der Waals surface area contributed by atoms with E-state index in [0.717, 1.165) is 6.08 Å². The number of carboxylic acid groups (broad SMARTS) is 1. The first-order valence-corrected chi connectivity index (χ1v) is 5.99. The number of aliphatic carboxylic acids is 1. The van der Waals surface area contributed by atoms with Gasteiger partial charge in [-0.05, 0) is 6.08 Å². The van der Waals surface area contributed by atoms with Crippen molar-refractivity contribution in [3.05, 3.63) is 59.9 Å². The summed E-state index contributed by atoms with van der Waals surface area (Å²) < 4.78 is 4.91. The number of hydrogen-bond donors (Lipinski definition) is 2. The normalized spacial score (nSPS) is 24.9. The van der Waals surface area contributed by atoms with Gasteiger partial charge in [0, 0.05) is 11.6 Å². The first-order chi connectivity index (χ1) is 9.49. The van der Waals surface area contributed by atoms with Crippen LogP contribution in [0.3, 0.4) is 0 Å². The molecule has 0 saturated carbocycles. The Labute approximate surface area is 115 Å². The van der Waals surface area contributed by atoms with Crippen molar-refractivity contribution in [1.82, 2.24) is 0 Å². The van der Waals surface area contributed by atoms with E-state index in [1.165, 1.54) is 19.3 Å². The highest BCUT2D eigenvalue weighted by atomic mass is 16.5. The predicted molar refractivity (Wildman–Crippen MR) is 71.1 cm³/mol. The second-order valence-corrected chi connectivity index (χ2v) is 4.45. The number of benzene rings is 1. The van der Waals surface area contributed by atoms with E-state index < -0.39 is 23.3 Å². The summed E-state index contributed by atoms with van der Waals surface area (Å²) in [6.45, 7) is 0. The van der Waals surface area contributed by atoms with Crippen molar-refractivity contribution in [1.29, 1.82) is 0 Å². The van der Waals surface area contributed by atoms with E-state index in [1.54, 1.807) is 30.3 Å². The zero-order valence-corrected chi connectivity index (χ0v) is 10.8. The van der Waals surface area contributed by atoms with Gasteiger partial charge < -0.3 is 14.9 Å². The number of ketones is 1. The fourth-order valence-corrected chi connectivity index (χ4v) is 2.08. The van der Waals surface area contributed by atoms with E-state index in [4.69, 9.17) is 4.74 Å². The molecule has 104 valence electrons. The molecule has 0 aromatic heterocycles. The van der Waals surface area contributed by atoms with Crippen LogP contribution in [0.15, 0.2) is 54.3 Å². The number of aliphatic hydroxyl groups is 1. The molecule has 0 radical (unpaired) electrons. The Kier molecular flexibility index (Phi) is 3.72. The second kappa shape index (κ2) is 5.30. The lowest BCUT2D eigenvalue weighted by Gasteiger charge is -2.29. The van der Waals surface area contributed by atoms with Gasteiger partial charge in [-0.25, -0.2) is 4.79 Å². The Morgan fingerprint density at radius 2 is 1.90 bits per heavy atom. The van der Waals surface area contributed by atoms with E-state index >= 15 is 0 Å². The topological polar surface area (TPSA) is 83.8 Å². The van der Waals surface area contributed by atoms with Gasteiger partial charge in [-0.3, -0.25) is 4.79 Å². The van der Waals surface area contributed by atoms with Gasteiger partial charge in [-0.2, -0.15) is 0 Å². The van der Waals surface area contributed by atoms with Crippen molar-refractivity contribution < 1.29 is 24.5 Å². The van der Waals surface area contributed by atoms with Crippen LogP contribution in [0.25, 0.3) is 0 Å². The molecule has 0 saturated heterocycles. The Morgan fingerprint density at radius 3 is 2.45 bits per heavy atom. The largest absolute Gasteiger partial charge is 0.497 e. The fourth-order valence-electron chi connectivity index (χ4n) is 2.08. The molecule has 0 amide bonds. The molecule has 2 N–H and O–H groups in total. The summed E-state index contributed by atoms with van der Waals surface area (Å²) in [5.41, 5.74) is -1.97. The van der Waals surface area contributed by atoms with Crippen molar-refractivity contribution >= 4 is 11.8 Å². The van der Waals surface area contributed by atoms with Crippen LogP contribution in [-0.2, 0) is 9.53 Å². The first-order valence-electron chi connectivity index (χ1n) is 5.99. The smallest absolute Gasteiger partial charge is 0.341 e. The van der Waals surface area contributed by atoms with E-state index in [2.05, 4.69) is 0 Å². The number of carboxylic acids is 1. The average Bonchev–Trinajstić information content (AvgIpc) is 2.47. The molecule has 0 heterocycles. The summed E-state index contributed by atoms with van der Waals surface area (Å²) in [5.74, 6) is -2.95. The molecule has 0 fully saturated rings. The summed E-state index contributed by atoms with van der Waals surface area (Å²) in [6, 6.07) is 8.26. The number of rotatable bonds is 4. The van der Waals surface area contributed by atoms with Crippen molar-refractivity contribution in [2.75, 3.05) is 7.11 Å². The molecule has 0 aliphatic heterocycles. The Bertz CT molecular complexity index is 588. The van der Waals surface area contributed by atoms with Crippen molar-refractivity contribution in [3.8, 4) is 0 Å². The number of carbonyl (C=O) groups excluding carboxylic acids is 1. The van der Waals surface area contributed by atoms with Gasteiger partial charge >= 0.3 is 5.97 Å². The number of hydrogen-bond acceptors (Lipinski definition) is 4. The van der Waals surface area contributed by atoms with Crippen LogP contribution in [0.4, 0.5) is 0 Å². The van der Waals surface area contributed by atoms with Gasteiger partial charge in [0.05, 0.1) is 13.0 Å². The number of ether oxygens (including phenoxy) is 1. The predicted octanol–water partition coefficient (Wildman–Crippen LogP) is 1.40. The Hall–Kier alpha value is -2.40. The van der Waals surface area contributed by atoms with Gasteiger partial charge in [-0.15, -0.1) is 0 Å². The van der Waals surface area contributed by atoms with Crippen LogP contribution in [0.5, 0.6) is 0 Å². The summed E-state index contributed by atoms with van der Waals surface area (Å²) in [6.07, 6.45) is 3.87. The molecule has 1 aliphatic carbocycles. The minimum Gasteiger partial charge on any atom is -0.497 e. The van der Waals surface area contributed by atoms with Gasteiger partial charge in [0.15, 0.2) is 11.4 Å². The van der Waals surface area contributed by atoms with Crippen LogP contribution in [-0.4, -0.2) is 34.7 Å². The lowest BCUT2D eigenvalue weighted by Crippen LogP contribution is -2.48. The maximum Gasteiger partial charge on any atom is 0.341 e. The molecule has 1 aromatic rings. The minimum atomic E-state index is -2.31. The highest BCUT2D eigenvalue weighted by Crippen LogP contribution is 2.31. The highest BCUT2D eigenvalue weighted by Gasteiger charge is 2.47. The molecule has 20 heavy (non-hydrogen) atoms. The third-order valence-electron chi connectivity index (χ3n) is 3.21. The van der Waals surface area contributed by atoms with Crippen LogP contribution < -0.4 is 0 Å². The quantitative estimate of drug-likeness (QED) is 0.811. The minimum absolute atomic E-state index is 0.201. The summed E-state index contributed by atoms with van der Waals surface area (Å²) >= 11 is 0. The molecule has 5 nitrogen and oxygen atoms in total. The zero-order chi connectivity index (χ0) is 14.8. The molecule has 0 unspecified atom stereocenters. The third-order valence-corrected chi connectivity index (χ3v) is 3.21. The van der Waals surface area contributed by atoms with Crippen LogP contribution in [0.2, 0.25) is 0 Å². The Balaban J connectivity index is 2.41. The first kappa shape index (κ1) is 14.0. The number of methoxy groups -OCH3 is 1. The van der Waals surface area contributed by atoms with Gasteiger partial charge in [0.2, 0.25) is 0 Å². The number of allylic oxidation sites excluding steroid dienone is 1. The summed E-state index contributed by atoms with van der Waals surface area (Å²) in [7, 11) is 1.36. The fraction of sp³-hybridized carbons (Fsp3) is 0.200. The van der Waals surface area contributed by atoms with Crippen LogP contribution in [0.1, 0.15) is 10.4 Å². The molecule has 0 bridgehead atoms. The lowest BCUT2D eigenvalue weighted by atomic mass is 9.78. The monoisotopic (exact) mass is 274 g/mol. The van der Waals surface area contributed by atoms with E-state index in [1.807, 2.05) is 0 Å². The third kappa shape index (κ3) is 2.35. The average molecular weight is 274 g/mol. The number of carbonyl (C=O) groups is 2. The maximum absolute atomic E-state index is 12.4. The molecule has 2 atom stereocenters. The second-order valence-electron chi connectivity index (χ2n) is 4.45. The van der Waals surface area contributed by atoms with Crippen LogP contribution in [0, 0.1) is 5.92 Å². The molecule has 1 aromatic carbocycles. The van der Waals surface area contributed by atoms with Gasteiger partial charge in [0.1, 0.15) is 5.76 Å². The molecule has 1 aliphatic rings. The summed E-state index contributed by atoms with van der Waals surface area (Å²) in [5, 5.41) is 19.6. The van der Waals surface area contributed by atoms with E-state index in [9.17, 15) is 19.8 Å². The molecule has 2 rings (SSSR count). The maximum atomic E-state index is 12.4. The standard InChI is InChI=1S/C15H14O5/c1-20-11-7-8-12(15(19,9-11)14(17)18)13(16)10-5-3-2-4-6-10/h2-9,12,19H,1H3,(H,17,18)/t12-,15+/m0/s1. The SMILES string of the molecule is COC1=C[C@](O)(C(=O)O)[C@H](C(=O)c2ccccc2)C=C1. The van der Waals surface area contributed by atoms with Crippen molar-refractivity contribution in [3.63, 3.8) is 0 Å². The number of Topliss-reactive ketones (excluding diaryl/α,β-unsaturated/α-hetero) is 1. The summed E-state index contributed by atoms with van der Waals surface area (Å²) in [4.78, 5) is 23.7. The zero-order valence-electron chi connectivity index (χ0n) is 10.8. The lowest BCUT2D eigenvalue weighted by molar-refractivity contribution is -0.155. The molecule has 5 heteroatoms. The highest BCUT2D eigenvalue weighted by molar-refractivity contribution is 6.03. The van der Waals surface area contributed by atoms with Gasteiger partial charge in [0.25, 0.3) is 0 Å². The Morgan fingerprint density at radius 1 is 1.25 bits per heavy atom. The van der Waals surface area contributed by atoms with Crippen molar-refractivity contribution in [2.24, 2.45) is 5.92 Å². The van der Waals surface area contributed by atoms with Gasteiger partial charge in [-0.1, -0.05) is 36.4 Å². The van der Waals surface area contributed by atoms with Crippen LogP contribution >= 0.6 is 0 Å². The molecule has 0 spiro atoms. The van der Waals surface area contributed by atoms with Crippen molar-refractivity contribution in [2.45, 2.75) is 5.60 Å². The molecular formula is C15H14O5. The van der Waals surface area contributed by atoms with E-state index in [-0.39, 0.29) is 5.76 Å². The molecular weight excluding hydrogens is 260 g/mol. The van der Waals surface area contributed by atoms with E-state index in [0.29, 0.717) is 5.56 Å².